The number of phenols is 1. The summed E-state index contributed by atoms with van der Waals surface area (Å²) in [5, 5.41) is 13.5. The highest BCUT2D eigenvalue weighted by Crippen LogP contribution is 2.35. The molecule has 2 fully saturated rings. The van der Waals surface area contributed by atoms with Crippen LogP contribution in [0.15, 0.2) is 18.2 Å². The van der Waals surface area contributed by atoms with E-state index in [1.807, 2.05) is 12.1 Å². The van der Waals surface area contributed by atoms with Crippen molar-refractivity contribution in [1.29, 1.82) is 0 Å². The standard InChI is InChI=1S/C15H22N2O2/c18-15-2-1-13(17-7-9-19-10-8-17)11-14(15)12-3-5-16-6-4-12/h1-2,11-12,16,18H,3-10H2. The minimum Gasteiger partial charge on any atom is -0.508 e. The maximum atomic E-state index is 10.1. The number of aromatic hydroxyl groups is 1. The molecule has 0 spiro atoms. The van der Waals surface area contributed by atoms with Crippen LogP contribution in [0.5, 0.6) is 5.75 Å². The summed E-state index contributed by atoms with van der Waals surface area (Å²) >= 11 is 0. The summed E-state index contributed by atoms with van der Waals surface area (Å²) in [6, 6.07) is 6.05. The Bertz CT molecular complexity index is 424. The summed E-state index contributed by atoms with van der Waals surface area (Å²) in [6.07, 6.45) is 2.22. The summed E-state index contributed by atoms with van der Waals surface area (Å²) in [5.74, 6) is 0.936. The molecule has 19 heavy (non-hydrogen) atoms. The molecule has 3 rings (SSSR count). The highest BCUT2D eigenvalue weighted by atomic mass is 16.5. The molecule has 0 amide bonds. The topological polar surface area (TPSA) is 44.7 Å². The molecule has 0 unspecified atom stereocenters. The van der Waals surface area contributed by atoms with E-state index in [2.05, 4.69) is 16.3 Å². The Labute approximate surface area is 114 Å². The monoisotopic (exact) mass is 262 g/mol. The van der Waals surface area contributed by atoms with E-state index in [0.29, 0.717) is 11.7 Å². The molecule has 104 valence electrons. The average Bonchev–Trinajstić information content (AvgIpc) is 2.49. The van der Waals surface area contributed by atoms with Crippen molar-refractivity contribution >= 4 is 5.69 Å². The molecular formula is C15H22N2O2. The average molecular weight is 262 g/mol. The van der Waals surface area contributed by atoms with Gasteiger partial charge in [0.15, 0.2) is 0 Å². The predicted octanol–water partition coefficient (Wildman–Crippen LogP) is 1.70. The number of hydrogen-bond acceptors (Lipinski definition) is 4. The molecule has 2 aliphatic rings. The Morgan fingerprint density at radius 1 is 1.16 bits per heavy atom. The van der Waals surface area contributed by atoms with Crippen LogP contribution in [0.2, 0.25) is 0 Å². The van der Waals surface area contributed by atoms with E-state index in [9.17, 15) is 5.11 Å². The van der Waals surface area contributed by atoms with Gasteiger partial charge in [-0.15, -0.1) is 0 Å². The number of hydrogen-bond donors (Lipinski definition) is 2. The second kappa shape index (κ2) is 5.80. The molecule has 0 aliphatic carbocycles. The lowest BCUT2D eigenvalue weighted by atomic mass is 9.89. The van der Waals surface area contributed by atoms with E-state index < -0.39 is 0 Å². The zero-order chi connectivity index (χ0) is 13.1. The number of benzene rings is 1. The third-order valence-electron chi connectivity index (χ3n) is 4.17. The van der Waals surface area contributed by atoms with Crippen molar-refractivity contribution in [1.82, 2.24) is 5.32 Å². The molecular weight excluding hydrogens is 240 g/mol. The van der Waals surface area contributed by atoms with Gasteiger partial charge in [0.05, 0.1) is 13.2 Å². The van der Waals surface area contributed by atoms with Crippen molar-refractivity contribution in [2.24, 2.45) is 0 Å². The fourth-order valence-corrected chi connectivity index (χ4v) is 3.02. The van der Waals surface area contributed by atoms with Crippen LogP contribution in [0.25, 0.3) is 0 Å². The van der Waals surface area contributed by atoms with Crippen LogP contribution in [0.3, 0.4) is 0 Å². The molecule has 1 aromatic carbocycles. The van der Waals surface area contributed by atoms with Crippen molar-refractivity contribution in [3.8, 4) is 5.75 Å². The van der Waals surface area contributed by atoms with Gasteiger partial charge in [0.1, 0.15) is 5.75 Å². The van der Waals surface area contributed by atoms with Gasteiger partial charge in [0.25, 0.3) is 0 Å². The number of phenolic OH excluding ortho intramolecular Hbond substituents is 1. The van der Waals surface area contributed by atoms with Crippen LogP contribution in [-0.4, -0.2) is 44.5 Å². The number of ether oxygens (including phenoxy) is 1. The zero-order valence-corrected chi connectivity index (χ0v) is 11.3. The molecule has 2 saturated heterocycles. The molecule has 4 nitrogen and oxygen atoms in total. The first-order chi connectivity index (χ1) is 9.34. The van der Waals surface area contributed by atoms with E-state index in [1.54, 1.807) is 0 Å². The zero-order valence-electron chi connectivity index (χ0n) is 11.3. The Kier molecular flexibility index (Phi) is 3.89. The molecule has 2 N–H and O–H groups in total. The molecule has 1 aromatic rings. The molecule has 2 aliphatic heterocycles. The lowest BCUT2D eigenvalue weighted by Gasteiger charge is -2.30. The number of morpholine rings is 1. The lowest BCUT2D eigenvalue weighted by molar-refractivity contribution is 0.122. The Morgan fingerprint density at radius 2 is 1.89 bits per heavy atom. The van der Waals surface area contributed by atoms with Gasteiger partial charge in [-0.05, 0) is 55.6 Å². The van der Waals surface area contributed by atoms with E-state index in [4.69, 9.17) is 4.74 Å². The number of anilines is 1. The van der Waals surface area contributed by atoms with Crippen molar-refractivity contribution < 1.29 is 9.84 Å². The first-order valence-corrected chi connectivity index (χ1v) is 7.21. The molecule has 0 radical (unpaired) electrons. The Balaban J connectivity index is 1.82. The second-order valence-electron chi connectivity index (χ2n) is 5.37. The second-order valence-corrected chi connectivity index (χ2v) is 5.37. The summed E-state index contributed by atoms with van der Waals surface area (Å²) in [5.41, 5.74) is 2.33. The molecule has 0 bridgehead atoms. The van der Waals surface area contributed by atoms with Gasteiger partial charge in [-0.3, -0.25) is 0 Å². The van der Waals surface area contributed by atoms with Crippen LogP contribution in [-0.2, 0) is 4.74 Å². The third kappa shape index (κ3) is 2.85. The summed E-state index contributed by atoms with van der Waals surface area (Å²) in [7, 11) is 0. The molecule has 2 heterocycles. The Morgan fingerprint density at radius 3 is 2.63 bits per heavy atom. The maximum absolute atomic E-state index is 10.1. The van der Waals surface area contributed by atoms with Gasteiger partial charge in [-0.25, -0.2) is 0 Å². The van der Waals surface area contributed by atoms with E-state index in [1.165, 1.54) is 5.69 Å². The fourth-order valence-electron chi connectivity index (χ4n) is 3.02. The van der Waals surface area contributed by atoms with Crippen molar-refractivity contribution in [3.63, 3.8) is 0 Å². The van der Waals surface area contributed by atoms with Gasteiger partial charge in [0, 0.05) is 18.8 Å². The van der Waals surface area contributed by atoms with E-state index in [-0.39, 0.29) is 0 Å². The minimum atomic E-state index is 0.448. The fraction of sp³-hybridized carbons (Fsp3) is 0.600. The smallest absolute Gasteiger partial charge is 0.119 e. The molecule has 0 atom stereocenters. The summed E-state index contributed by atoms with van der Waals surface area (Å²) < 4.78 is 5.39. The van der Waals surface area contributed by atoms with Crippen molar-refractivity contribution in [3.05, 3.63) is 23.8 Å². The van der Waals surface area contributed by atoms with Gasteiger partial charge in [0.2, 0.25) is 0 Å². The quantitative estimate of drug-likeness (QED) is 0.851. The summed E-state index contributed by atoms with van der Waals surface area (Å²) in [4.78, 5) is 2.34. The van der Waals surface area contributed by atoms with Crippen LogP contribution < -0.4 is 10.2 Å². The first kappa shape index (κ1) is 12.8. The largest absolute Gasteiger partial charge is 0.508 e. The predicted molar refractivity (Wildman–Crippen MR) is 76.0 cm³/mol. The highest BCUT2D eigenvalue weighted by Gasteiger charge is 2.20. The van der Waals surface area contributed by atoms with Crippen molar-refractivity contribution in [2.75, 3.05) is 44.3 Å². The SMILES string of the molecule is Oc1ccc(N2CCOCC2)cc1C1CCNCC1. The maximum Gasteiger partial charge on any atom is 0.119 e. The number of nitrogens with zero attached hydrogens (tertiary/aromatic N) is 1. The number of piperidine rings is 1. The van der Waals surface area contributed by atoms with Crippen molar-refractivity contribution in [2.45, 2.75) is 18.8 Å². The third-order valence-corrected chi connectivity index (χ3v) is 4.17. The van der Waals surface area contributed by atoms with Gasteiger partial charge in [-0.2, -0.15) is 0 Å². The van der Waals surface area contributed by atoms with Gasteiger partial charge < -0.3 is 20.1 Å². The molecule has 0 aromatic heterocycles. The first-order valence-electron chi connectivity index (χ1n) is 7.21. The van der Waals surface area contributed by atoms with Crippen LogP contribution in [0.4, 0.5) is 5.69 Å². The van der Waals surface area contributed by atoms with Crippen LogP contribution in [0, 0.1) is 0 Å². The lowest BCUT2D eigenvalue weighted by Crippen LogP contribution is -2.36. The van der Waals surface area contributed by atoms with Gasteiger partial charge >= 0.3 is 0 Å². The van der Waals surface area contributed by atoms with Crippen LogP contribution in [0.1, 0.15) is 24.3 Å². The molecule has 0 saturated carbocycles. The highest BCUT2D eigenvalue weighted by molar-refractivity contribution is 5.54. The summed E-state index contributed by atoms with van der Waals surface area (Å²) in [6.45, 7) is 5.57. The van der Waals surface area contributed by atoms with E-state index >= 15 is 0 Å². The number of rotatable bonds is 2. The Hall–Kier alpha value is -1.26. The van der Waals surface area contributed by atoms with Crippen LogP contribution >= 0.6 is 0 Å². The normalized spacial score (nSPS) is 21.6. The molecule has 4 heteroatoms. The van der Waals surface area contributed by atoms with Gasteiger partial charge in [-0.1, -0.05) is 0 Å². The van der Waals surface area contributed by atoms with E-state index in [0.717, 1.165) is 57.8 Å². The minimum absolute atomic E-state index is 0.448. The number of nitrogens with one attached hydrogen (secondary N) is 1.